The first-order valence-electron chi connectivity index (χ1n) is 4.39. The Morgan fingerprint density at radius 1 is 1.15 bits per heavy atom. The van der Waals surface area contributed by atoms with Crippen molar-refractivity contribution < 1.29 is 39.9 Å². The van der Waals surface area contributed by atoms with E-state index in [1.165, 1.54) is 0 Å². The van der Waals surface area contributed by atoms with E-state index in [2.05, 4.69) is 0 Å². The van der Waals surface area contributed by atoms with Gasteiger partial charge in [-0.2, -0.15) is 0 Å². The van der Waals surface area contributed by atoms with Gasteiger partial charge in [0.2, 0.25) is 0 Å². The smallest absolute Gasteiger partial charge is 0.852 e. The molecule has 4 heteroatoms. The second kappa shape index (κ2) is 4.17. The summed E-state index contributed by atoms with van der Waals surface area (Å²) in [5, 5.41) is 24.1. The number of rotatable bonds is 0. The van der Waals surface area contributed by atoms with Gasteiger partial charge in [0, 0.05) is 11.1 Å². The number of nitrogens with zero attached hydrogens (tertiary/aromatic N) is 1. The van der Waals surface area contributed by atoms with Crippen LogP contribution < -0.4 is 34.7 Å². The van der Waals surface area contributed by atoms with E-state index in [0.29, 0.717) is 12.8 Å². The molecule has 0 N–H and O–H groups in total. The van der Waals surface area contributed by atoms with Crippen molar-refractivity contribution in [3.63, 3.8) is 0 Å². The van der Waals surface area contributed by atoms with Crippen molar-refractivity contribution >= 4 is 0 Å². The van der Waals surface area contributed by atoms with E-state index >= 15 is 0 Å². The summed E-state index contributed by atoms with van der Waals surface area (Å²) in [5.41, 5.74) is -0.984. The van der Waals surface area contributed by atoms with Crippen LogP contribution in [0.5, 0.6) is 0 Å². The molecule has 1 radical (unpaired) electrons. The molecule has 0 aliphatic carbocycles. The predicted molar refractivity (Wildman–Crippen MR) is 43.7 cm³/mol. The van der Waals surface area contributed by atoms with E-state index in [9.17, 15) is 10.3 Å². The van der Waals surface area contributed by atoms with Gasteiger partial charge in [0.25, 0.3) is 0 Å². The summed E-state index contributed by atoms with van der Waals surface area (Å²) in [5.74, 6) is 0. The summed E-state index contributed by atoms with van der Waals surface area (Å²) < 4.78 is 0. The minimum absolute atomic E-state index is 0. The molecule has 0 atom stereocenters. The van der Waals surface area contributed by atoms with Crippen LogP contribution in [-0.2, 0) is 5.21 Å². The first kappa shape index (κ1) is 13.9. The van der Waals surface area contributed by atoms with Crippen LogP contribution in [0.1, 0.15) is 40.5 Å². The molecule has 3 nitrogen and oxygen atoms in total. The molecule has 0 aromatic heterocycles. The Bertz CT molecular complexity index is 164. The summed E-state index contributed by atoms with van der Waals surface area (Å²) in [6.45, 7) is 7.36. The van der Waals surface area contributed by atoms with Crippen LogP contribution in [0.2, 0.25) is 0 Å². The fourth-order valence-corrected chi connectivity index (χ4v) is 2.17. The monoisotopic (exact) mass is 194 g/mol. The third kappa shape index (κ3) is 2.91. The van der Waals surface area contributed by atoms with E-state index in [1.807, 2.05) is 27.7 Å². The molecule has 0 aromatic carbocycles. The van der Waals surface area contributed by atoms with Gasteiger partial charge in [-0.3, -0.25) is 0 Å². The second-order valence-electron chi connectivity index (χ2n) is 4.95. The molecule has 1 rings (SSSR count). The number of hydroxylamine groups is 2. The Morgan fingerprint density at radius 2 is 1.46 bits per heavy atom. The van der Waals surface area contributed by atoms with Gasteiger partial charge >= 0.3 is 29.6 Å². The average Bonchev–Trinajstić information content (AvgIpc) is 1.80. The van der Waals surface area contributed by atoms with Crippen molar-refractivity contribution in [2.45, 2.75) is 57.7 Å². The molecular formula is C9H17NNaO2. The molecule has 0 bridgehead atoms. The van der Waals surface area contributed by atoms with E-state index in [0.717, 1.165) is 5.06 Å². The largest absolute Gasteiger partial charge is 1.00 e. The average molecular weight is 194 g/mol. The Kier molecular flexibility index (Phi) is 4.45. The fourth-order valence-electron chi connectivity index (χ4n) is 2.17. The number of piperidine rings is 1. The van der Waals surface area contributed by atoms with Crippen LogP contribution in [0.3, 0.4) is 0 Å². The summed E-state index contributed by atoms with van der Waals surface area (Å²) in [4.78, 5) is 0. The minimum atomic E-state index is -0.583. The Hall–Kier alpha value is 0.880. The van der Waals surface area contributed by atoms with Gasteiger partial charge in [-0.15, -0.1) is 16.4 Å². The van der Waals surface area contributed by atoms with E-state index in [-0.39, 0.29) is 29.6 Å². The molecule has 1 aliphatic heterocycles. The third-order valence-corrected chi connectivity index (χ3v) is 2.55. The Morgan fingerprint density at radius 3 is 1.77 bits per heavy atom. The number of hydrogen-bond donors (Lipinski definition) is 0. The summed E-state index contributed by atoms with van der Waals surface area (Å²) in [6.07, 6.45) is 0.333. The first-order valence-corrected chi connectivity index (χ1v) is 4.39. The molecule has 0 aromatic rings. The fraction of sp³-hybridized carbons (Fsp3) is 1.00. The molecule has 1 fully saturated rings. The summed E-state index contributed by atoms with van der Waals surface area (Å²) >= 11 is 0. The number of hydrogen-bond acceptors (Lipinski definition) is 2. The predicted octanol–water partition coefficient (Wildman–Crippen LogP) is -2.28. The molecule has 71 valence electrons. The zero-order chi connectivity index (χ0) is 9.57. The SMILES string of the molecule is CC1(C)CC([O-])CC(C)(C)N1[O].[Na+]. The zero-order valence-corrected chi connectivity index (χ0v) is 11.3. The van der Waals surface area contributed by atoms with E-state index in [4.69, 9.17) is 0 Å². The molecule has 13 heavy (non-hydrogen) atoms. The molecule has 0 unspecified atom stereocenters. The second-order valence-corrected chi connectivity index (χ2v) is 4.95. The normalized spacial score (nSPS) is 28.2. The third-order valence-electron chi connectivity index (χ3n) is 2.55. The van der Waals surface area contributed by atoms with Crippen molar-refractivity contribution in [3.05, 3.63) is 0 Å². The molecule has 1 saturated heterocycles. The molecule has 1 heterocycles. The van der Waals surface area contributed by atoms with Gasteiger partial charge in [-0.25, -0.2) is 0 Å². The van der Waals surface area contributed by atoms with Crippen molar-refractivity contribution in [3.8, 4) is 0 Å². The molecule has 0 saturated carbocycles. The maximum atomic E-state index is 11.7. The molecular weight excluding hydrogens is 177 g/mol. The van der Waals surface area contributed by atoms with Gasteiger partial charge < -0.3 is 5.11 Å². The van der Waals surface area contributed by atoms with Gasteiger partial charge in [0.05, 0.1) is 0 Å². The van der Waals surface area contributed by atoms with Crippen LogP contribution >= 0.6 is 0 Å². The van der Waals surface area contributed by atoms with Crippen molar-refractivity contribution in [1.82, 2.24) is 5.06 Å². The van der Waals surface area contributed by atoms with Gasteiger partial charge in [-0.05, 0) is 40.5 Å². The van der Waals surface area contributed by atoms with Crippen LogP contribution in [-0.4, -0.2) is 22.2 Å². The summed E-state index contributed by atoms with van der Waals surface area (Å²) in [6, 6.07) is 0. The minimum Gasteiger partial charge on any atom is -0.852 e. The first-order chi connectivity index (χ1) is 5.26. The quantitative estimate of drug-likeness (QED) is 0.408. The standard InChI is InChI=1S/C9H17NO2.Na/c1-8(2)5-7(11)6-9(3,4)10(8)12;/h7H,5-6H2,1-4H3;/q-1;+1. The van der Waals surface area contributed by atoms with Crippen molar-refractivity contribution in [1.29, 1.82) is 0 Å². The molecule has 0 amide bonds. The van der Waals surface area contributed by atoms with E-state index in [1.54, 1.807) is 0 Å². The van der Waals surface area contributed by atoms with Crippen LogP contribution in [0, 0.1) is 0 Å². The summed E-state index contributed by atoms with van der Waals surface area (Å²) in [7, 11) is 0. The van der Waals surface area contributed by atoms with Crippen LogP contribution in [0.4, 0.5) is 0 Å². The van der Waals surface area contributed by atoms with Gasteiger partial charge in [0.1, 0.15) is 0 Å². The molecule has 1 aliphatic rings. The van der Waals surface area contributed by atoms with Crippen molar-refractivity contribution in [2.75, 3.05) is 0 Å². The van der Waals surface area contributed by atoms with Gasteiger partial charge in [-0.1, -0.05) is 0 Å². The zero-order valence-electron chi connectivity index (χ0n) is 9.26. The molecule has 0 spiro atoms. The van der Waals surface area contributed by atoms with Gasteiger partial charge in [0.15, 0.2) is 0 Å². The van der Waals surface area contributed by atoms with E-state index < -0.39 is 17.2 Å². The van der Waals surface area contributed by atoms with Crippen LogP contribution in [0.25, 0.3) is 0 Å². The van der Waals surface area contributed by atoms with Crippen LogP contribution in [0.15, 0.2) is 0 Å². The maximum Gasteiger partial charge on any atom is 1.00 e. The maximum absolute atomic E-state index is 11.7. The Balaban J connectivity index is 0.00000144. The topological polar surface area (TPSA) is 46.2 Å². The van der Waals surface area contributed by atoms with Crippen molar-refractivity contribution in [2.24, 2.45) is 0 Å². The Labute approximate surface area is 102 Å².